The number of aromatic nitrogens is 1. The lowest BCUT2D eigenvalue weighted by atomic mass is 9.90. The maximum atomic E-state index is 14.8. The molecule has 1 unspecified atom stereocenters. The van der Waals surface area contributed by atoms with Gasteiger partial charge in [0.15, 0.2) is 0 Å². The second-order valence-electron chi connectivity index (χ2n) is 15.7. The first-order valence-corrected chi connectivity index (χ1v) is 18.0. The lowest BCUT2D eigenvalue weighted by Gasteiger charge is -2.45. The number of hydrogen-bond donors (Lipinski definition) is 2. The highest BCUT2D eigenvalue weighted by Gasteiger charge is 2.43. The summed E-state index contributed by atoms with van der Waals surface area (Å²) in [6, 6.07) is 2.94. The number of rotatable bonds is 13. The summed E-state index contributed by atoms with van der Waals surface area (Å²) in [7, 11) is 1.63. The molecule has 0 bridgehead atoms. The van der Waals surface area contributed by atoms with Gasteiger partial charge in [-0.15, -0.1) is 0 Å². The number of pyridine rings is 1. The molecule has 3 amide bonds. The van der Waals surface area contributed by atoms with Crippen LogP contribution in [0.25, 0.3) is 0 Å². The average molecular weight is 712 g/mol. The molecule has 2 saturated heterocycles. The van der Waals surface area contributed by atoms with E-state index in [1.165, 1.54) is 6.08 Å². The van der Waals surface area contributed by atoms with Crippen LogP contribution in [0.4, 0.5) is 4.79 Å². The van der Waals surface area contributed by atoms with E-state index in [0.29, 0.717) is 64.0 Å². The number of amides is 3. The number of piperidine rings is 1. The first kappa shape index (κ1) is 41.5. The van der Waals surface area contributed by atoms with Gasteiger partial charge in [0.1, 0.15) is 17.3 Å². The SMILES string of the molecule is C=C/C(C(=O)N(CC(C)C)[C@H]1C[C@@H](C(=O)N2CCOCC2c2cccnc2)CN(C(=O)OC(C)(C)C)C1)=C(\N=C(/N)C(C)(C)C)NCCCOC. The largest absolute Gasteiger partial charge is 0.444 e. The Morgan fingerprint density at radius 3 is 2.53 bits per heavy atom. The number of aliphatic imine (C=N–C) groups is 1. The van der Waals surface area contributed by atoms with Gasteiger partial charge in [-0.25, -0.2) is 9.79 Å². The minimum absolute atomic E-state index is 0.0709. The summed E-state index contributed by atoms with van der Waals surface area (Å²) in [5, 5.41) is 3.29. The maximum absolute atomic E-state index is 14.8. The Balaban J connectivity index is 2.09. The van der Waals surface area contributed by atoms with Gasteiger partial charge in [0, 0.05) is 64.2 Å². The van der Waals surface area contributed by atoms with Crippen molar-refractivity contribution in [2.75, 3.05) is 59.7 Å². The molecule has 0 aromatic carbocycles. The van der Waals surface area contributed by atoms with Crippen molar-refractivity contribution >= 4 is 23.7 Å². The van der Waals surface area contributed by atoms with Gasteiger partial charge in [-0.05, 0) is 51.2 Å². The molecule has 2 aliphatic rings. The van der Waals surface area contributed by atoms with Crippen molar-refractivity contribution in [2.24, 2.45) is 28.0 Å². The Labute approximate surface area is 304 Å². The molecule has 284 valence electrons. The van der Waals surface area contributed by atoms with Crippen molar-refractivity contribution in [2.45, 2.75) is 85.9 Å². The molecule has 3 heterocycles. The number of nitrogens with zero attached hydrogens (tertiary/aromatic N) is 5. The number of amidine groups is 1. The van der Waals surface area contributed by atoms with Gasteiger partial charge in [0.05, 0.1) is 36.8 Å². The highest BCUT2D eigenvalue weighted by atomic mass is 16.6. The van der Waals surface area contributed by atoms with Gasteiger partial charge >= 0.3 is 6.09 Å². The molecule has 51 heavy (non-hydrogen) atoms. The van der Waals surface area contributed by atoms with Crippen LogP contribution in [0.5, 0.6) is 0 Å². The Morgan fingerprint density at radius 2 is 1.94 bits per heavy atom. The molecule has 0 spiro atoms. The summed E-state index contributed by atoms with van der Waals surface area (Å²) in [6.45, 7) is 22.2. The molecule has 0 aliphatic carbocycles. The van der Waals surface area contributed by atoms with Crippen LogP contribution in [0.1, 0.15) is 79.8 Å². The third kappa shape index (κ3) is 12.1. The highest BCUT2D eigenvalue weighted by molar-refractivity contribution is 5.98. The van der Waals surface area contributed by atoms with Crippen molar-refractivity contribution in [3.63, 3.8) is 0 Å². The van der Waals surface area contributed by atoms with Crippen molar-refractivity contribution < 1.29 is 28.6 Å². The Kier molecular flexibility index (Phi) is 15.0. The van der Waals surface area contributed by atoms with Crippen LogP contribution in [0.15, 0.2) is 53.6 Å². The molecule has 1 aromatic rings. The Hall–Kier alpha value is -3.97. The number of methoxy groups -OCH3 is 1. The number of hydrogen-bond acceptors (Lipinski definition) is 9. The molecule has 3 rings (SSSR count). The molecule has 13 nitrogen and oxygen atoms in total. The lowest BCUT2D eigenvalue weighted by Crippen LogP contribution is -2.59. The van der Waals surface area contributed by atoms with Gasteiger partial charge in [-0.3, -0.25) is 14.6 Å². The Bertz CT molecular complexity index is 1400. The van der Waals surface area contributed by atoms with Gasteiger partial charge in [0.25, 0.3) is 5.91 Å². The number of nitrogens with one attached hydrogen (secondary N) is 1. The predicted molar refractivity (Wildman–Crippen MR) is 199 cm³/mol. The van der Waals surface area contributed by atoms with Crippen LogP contribution in [-0.2, 0) is 23.8 Å². The number of carbonyl (C=O) groups is 3. The first-order chi connectivity index (χ1) is 24.0. The number of morpholine rings is 1. The van der Waals surface area contributed by atoms with Crippen molar-refractivity contribution in [3.05, 3.63) is 54.1 Å². The number of carbonyl (C=O) groups excluding carboxylic acids is 3. The molecule has 2 fully saturated rings. The summed E-state index contributed by atoms with van der Waals surface area (Å²) in [5.41, 5.74) is 6.35. The minimum atomic E-state index is -0.750. The van der Waals surface area contributed by atoms with Crippen LogP contribution in [0, 0.1) is 17.3 Å². The second kappa shape index (κ2) is 18.5. The van der Waals surface area contributed by atoms with Crippen molar-refractivity contribution in [3.8, 4) is 0 Å². The van der Waals surface area contributed by atoms with Crippen LogP contribution in [0.3, 0.4) is 0 Å². The van der Waals surface area contributed by atoms with Gasteiger partial charge in [-0.1, -0.05) is 53.3 Å². The summed E-state index contributed by atoms with van der Waals surface area (Å²) in [4.78, 5) is 57.1. The Morgan fingerprint density at radius 1 is 1.22 bits per heavy atom. The number of likely N-dealkylation sites (tertiary alicyclic amines) is 1. The van der Waals surface area contributed by atoms with E-state index in [1.807, 2.05) is 72.4 Å². The van der Waals surface area contributed by atoms with E-state index in [1.54, 1.807) is 29.3 Å². The molecular weight excluding hydrogens is 650 g/mol. The number of ether oxygens (including phenoxy) is 3. The molecule has 0 saturated carbocycles. The van der Waals surface area contributed by atoms with E-state index in [4.69, 9.17) is 24.9 Å². The highest BCUT2D eigenvalue weighted by Crippen LogP contribution is 2.31. The third-order valence-corrected chi connectivity index (χ3v) is 8.68. The average Bonchev–Trinajstić information content (AvgIpc) is 3.07. The normalized spacial score (nSPS) is 20.8. The van der Waals surface area contributed by atoms with E-state index in [0.717, 1.165) is 5.56 Å². The predicted octanol–water partition coefficient (Wildman–Crippen LogP) is 4.52. The van der Waals surface area contributed by atoms with E-state index in [-0.39, 0.29) is 42.4 Å². The summed E-state index contributed by atoms with van der Waals surface area (Å²) in [5.74, 6) is -0.292. The summed E-state index contributed by atoms with van der Waals surface area (Å²) < 4.78 is 16.8. The zero-order chi connectivity index (χ0) is 37.9. The first-order valence-electron chi connectivity index (χ1n) is 18.0. The van der Waals surface area contributed by atoms with Crippen LogP contribution in [0.2, 0.25) is 0 Å². The molecular formula is C38H61N7O6. The van der Waals surface area contributed by atoms with Crippen LogP contribution >= 0.6 is 0 Å². The second-order valence-corrected chi connectivity index (χ2v) is 15.7. The lowest BCUT2D eigenvalue weighted by molar-refractivity contribution is -0.148. The molecule has 1 aromatic heterocycles. The van der Waals surface area contributed by atoms with Gasteiger partial charge in [-0.2, -0.15) is 0 Å². The van der Waals surface area contributed by atoms with E-state index < -0.39 is 29.1 Å². The molecule has 2 aliphatic heterocycles. The fourth-order valence-corrected chi connectivity index (χ4v) is 6.04. The zero-order valence-electron chi connectivity index (χ0n) is 32.2. The fourth-order valence-electron chi connectivity index (χ4n) is 6.04. The number of nitrogens with two attached hydrogens (primary N) is 1. The fraction of sp³-hybridized carbons (Fsp3) is 0.658. The zero-order valence-corrected chi connectivity index (χ0v) is 32.2. The maximum Gasteiger partial charge on any atom is 0.410 e. The molecule has 3 atom stereocenters. The quantitative estimate of drug-likeness (QED) is 0.0990. The van der Waals surface area contributed by atoms with E-state index >= 15 is 0 Å². The summed E-state index contributed by atoms with van der Waals surface area (Å²) in [6.07, 6.45) is 5.44. The topological polar surface area (TPSA) is 152 Å². The van der Waals surface area contributed by atoms with E-state index in [2.05, 4.69) is 16.9 Å². The van der Waals surface area contributed by atoms with Crippen LogP contribution < -0.4 is 11.1 Å². The van der Waals surface area contributed by atoms with Crippen LogP contribution in [-0.4, -0.2) is 115 Å². The smallest absolute Gasteiger partial charge is 0.410 e. The molecule has 0 radical (unpaired) electrons. The van der Waals surface area contributed by atoms with Gasteiger partial charge in [0.2, 0.25) is 5.91 Å². The molecule has 13 heteroatoms. The monoisotopic (exact) mass is 711 g/mol. The minimum Gasteiger partial charge on any atom is -0.444 e. The standard InChI is InChI=1S/C38H61N7O6/c1-11-30(32(41-16-13-18-49-10)42-35(39)37(4,5)6)34(47)45(22-26(2)3)29-20-28(23-43(24-29)36(48)51-38(7,8)9)33(46)44-17-19-50-25-31(44)27-14-12-15-40-21-27/h11-12,14-15,21,26,28-29,31,41H,1,13,16-20,22-25H2,2-10H3,(H2,39,42)/b32-30+/t28-,29+,31?/m1/s1. The summed E-state index contributed by atoms with van der Waals surface area (Å²) >= 11 is 0. The van der Waals surface area contributed by atoms with Gasteiger partial charge < -0.3 is 40.0 Å². The molecule has 3 N–H and O–H groups in total. The van der Waals surface area contributed by atoms with E-state index in [9.17, 15) is 14.4 Å². The van der Waals surface area contributed by atoms with Crippen molar-refractivity contribution in [1.82, 2.24) is 25.0 Å². The third-order valence-electron chi connectivity index (χ3n) is 8.68. The van der Waals surface area contributed by atoms with Crippen molar-refractivity contribution in [1.29, 1.82) is 0 Å².